The number of nitrogens with zero attached hydrogens (tertiary/aromatic N) is 2. The molecule has 1 aliphatic heterocycles. The van der Waals surface area contributed by atoms with Gasteiger partial charge in [-0.2, -0.15) is 5.26 Å². The number of likely N-dealkylation sites (tertiary alicyclic amines) is 1. The largest absolute Gasteiger partial charge is 0.336 e. The summed E-state index contributed by atoms with van der Waals surface area (Å²) in [6.07, 6.45) is 4.36. The standard InChI is InChI=1S/C15H17BrN2O/c16-9-1-3-14-4-2-10-18(14)15(19)13-7-5-12(11-17)6-8-13/h5-8,14H,1-4,9-10H2. The van der Waals surface area contributed by atoms with Gasteiger partial charge in [-0.1, -0.05) is 15.9 Å². The van der Waals surface area contributed by atoms with Crippen LogP contribution < -0.4 is 0 Å². The Bertz CT molecular complexity index is 478. The first-order chi connectivity index (χ1) is 9.26. The van der Waals surface area contributed by atoms with E-state index in [1.54, 1.807) is 24.3 Å². The number of benzene rings is 1. The molecule has 0 aliphatic carbocycles. The highest BCUT2D eigenvalue weighted by molar-refractivity contribution is 9.09. The number of rotatable bonds is 4. The molecule has 0 saturated carbocycles. The molecule has 1 amide bonds. The first-order valence-corrected chi connectivity index (χ1v) is 7.75. The summed E-state index contributed by atoms with van der Waals surface area (Å²) in [6.45, 7) is 0.853. The molecule has 3 nitrogen and oxygen atoms in total. The molecule has 2 rings (SSSR count). The average molecular weight is 321 g/mol. The number of hydrogen-bond acceptors (Lipinski definition) is 2. The topological polar surface area (TPSA) is 44.1 Å². The van der Waals surface area contributed by atoms with Crippen molar-refractivity contribution < 1.29 is 4.79 Å². The molecule has 0 radical (unpaired) electrons. The molecule has 0 bridgehead atoms. The van der Waals surface area contributed by atoms with E-state index in [0.29, 0.717) is 17.2 Å². The fourth-order valence-corrected chi connectivity index (χ4v) is 2.89. The summed E-state index contributed by atoms with van der Waals surface area (Å²) in [7, 11) is 0. The molecule has 1 aliphatic rings. The van der Waals surface area contributed by atoms with Crippen molar-refractivity contribution in [3.63, 3.8) is 0 Å². The van der Waals surface area contributed by atoms with Crippen LogP contribution >= 0.6 is 15.9 Å². The molecule has 1 atom stereocenters. The monoisotopic (exact) mass is 320 g/mol. The number of carbonyl (C=O) groups is 1. The number of hydrogen-bond donors (Lipinski definition) is 0. The molecule has 0 spiro atoms. The third-order valence-electron chi connectivity index (χ3n) is 3.57. The van der Waals surface area contributed by atoms with Gasteiger partial charge in [0.2, 0.25) is 0 Å². The van der Waals surface area contributed by atoms with Gasteiger partial charge in [-0.15, -0.1) is 0 Å². The van der Waals surface area contributed by atoms with E-state index in [2.05, 4.69) is 22.0 Å². The van der Waals surface area contributed by atoms with Crippen LogP contribution in [0, 0.1) is 11.3 Å². The van der Waals surface area contributed by atoms with Crippen molar-refractivity contribution in [1.82, 2.24) is 4.90 Å². The minimum atomic E-state index is 0.0987. The molecule has 4 heteroatoms. The molecular formula is C15H17BrN2O. The van der Waals surface area contributed by atoms with E-state index in [4.69, 9.17) is 5.26 Å². The van der Waals surface area contributed by atoms with Crippen LogP contribution in [-0.2, 0) is 0 Å². The summed E-state index contributed by atoms with van der Waals surface area (Å²) in [4.78, 5) is 14.4. The lowest BCUT2D eigenvalue weighted by Gasteiger charge is -2.24. The van der Waals surface area contributed by atoms with Crippen LogP contribution in [0.25, 0.3) is 0 Å². The molecular weight excluding hydrogens is 304 g/mol. The molecule has 19 heavy (non-hydrogen) atoms. The Morgan fingerprint density at radius 3 is 2.79 bits per heavy atom. The highest BCUT2D eigenvalue weighted by atomic mass is 79.9. The van der Waals surface area contributed by atoms with Gasteiger partial charge in [0.15, 0.2) is 0 Å². The van der Waals surface area contributed by atoms with Crippen molar-refractivity contribution in [2.75, 3.05) is 11.9 Å². The minimum Gasteiger partial charge on any atom is -0.336 e. The van der Waals surface area contributed by atoms with Crippen molar-refractivity contribution in [3.05, 3.63) is 35.4 Å². The van der Waals surface area contributed by atoms with Gasteiger partial charge in [0.05, 0.1) is 11.6 Å². The lowest BCUT2D eigenvalue weighted by molar-refractivity contribution is 0.0730. The van der Waals surface area contributed by atoms with Crippen molar-refractivity contribution >= 4 is 21.8 Å². The van der Waals surface area contributed by atoms with Crippen LogP contribution in [-0.4, -0.2) is 28.7 Å². The van der Waals surface area contributed by atoms with Gasteiger partial charge in [0, 0.05) is 23.5 Å². The van der Waals surface area contributed by atoms with E-state index in [-0.39, 0.29) is 5.91 Å². The highest BCUT2D eigenvalue weighted by Crippen LogP contribution is 2.24. The van der Waals surface area contributed by atoms with Crippen LogP contribution in [0.1, 0.15) is 41.6 Å². The summed E-state index contributed by atoms with van der Waals surface area (Å²) in [6, 6.07) is 9.36. The normalized spacial score (nSPS) is 18.3. The second-order valence-corrected chi connectivity index (χ2v) is 5.61. The van der Waals surface area contributed by atoms with Crippen LogP contribution in [0.15, 0.2) is 24.3 Å². The quantitative estimate of drug-likeness (QED) is 0.798. The summed E-state index contributed by atoms with van der Waals surface area (Å²) in [5, 5.41) is 9.76. The van der Waals surface area contributed by atoms with Crippen LogP contribution in [0.2, 0.25) is 0 Å². The van der Waals surface area contributed by atoms with E-state index < -0.39 is 0 Å². The molecule has 1 heterocycles. The van der Waals surface area contributed by atoms with Gasteiger partial charge >= 0.3 is 0 Å². The van der Waals surface area contributed by atoms with Gasteiger partial charge < -0.3 is 4.90 Å². The Balaban J connectivity index is 2.07. The lowest BCUT2D eigenvalue weighted by atomic mass is 10.1. The summed E-state index contributed by atoms with van der Waals surface area (Å²) < 4.78 is 0. The maximum absolute atomic E-state index is 12.5. The van der Waals surface area contributed by atoms with Crippen molar-refractivity contribution in [2.24, 2.45) is 0 Å². The molecule has 100 valence electrons. The molecule has 0 aromatic heterocycles. The van der Waals surface area contributed by atoms with Gasteiger partial charge in [-0.25, -0.2) is 0 Å². The second-order valence-electron chi connectivity index (χ2n) is 4.81. The number of amides is 1. The van der Waals surface area contributed by atoms with Crippen molar-refractivity contribution in [2.45, 2.75) is 31.7 Å². The molecule has 1 saturated heterocycles. The van der Waals surface area contributed by atoms with Crippen LogP contribution in [0.5, 0.6) is 0 Å². The second kappa shape index (κ2) is 6.72. The zero-order valence-corrected chi connectivity index (χ0v) is 12.4. The van der Waals surface area contributed by atoms with Gasteiger partial charge in [0.1, 0.15) is 0 Å². The third-order valence-corrected chi connectivity index (χ3v) is 4.13. The maximum Gasteiger partial charge on any atom is 0.254 e. The summed E-state index contributed by atoms with van der Waals surface area (Å²) in [5.41, 5.74) is 1.28. The predicted molar refractivity (Wildman–Crippen MR) is 78.2 cm³/mol. The summed E-state index contributed by atoms with van der Waals surface area (Å²) >= 11 is 3.44. The zero-order valence-electron chi connectivity index (χ0n) is 10.8. The van der Waals surface area contributed by atoms with Gasteiger partial charge in [-0.05, 0) is 49.9 Å². The molecule has 1 fully saturated rings. The van der Waals surface area contributed by atoms with Gasteiger partial charge in [0.25, 0.3) is 5.91 Å². The fraction of sp³-hybridized carbons (Fsp3) is 0.467. The Morgan fingerprint density at radius 2 is 2.16 bits per heavy atom. The zero-order chi connectivity index (χ0) is 13.7. The predicted octanol–water partition coefficient (Wildman–Crippen LogP) is 3.34. The molecule has 1 aromatic carbocycles. The molecule has 0 N–H and O–H groups in total. The lowest BCUT2D eigenvalue weighted by Crippen LogP contribution is -2.35. The van der Waals surface area contributed by atoms with E-state index in [1.807, 2.05) is 4.90 Å². The first kappa shape index (κ1) is 14.1. The van der Waals surface area contributed by atoms with Crippen molar-refractivity contribution in [3.8, 4) is 6.07 Å². The van der Waals surface area contributed by atoms with Gasteiger partial charge in [-0.3, -0.25) is 4.79 Å². The molecule has 1 unspecified atom stereocenters. The van der Waals surface area contributed by atoms with E-state index in [9.17, 15) is 4.79 Å². The number of alkyl halides is 1. The third kappa shape index (κ3) is 3.36. The molecule has 1 aromatic rings. The van der Waals surface area contributed by atoms with Crippen molar-refractivity contribution in [1.29, 1.82) is 5.26 Å². The Kier molecular flexibility index (Phi) is 4.98. The van der Waals surface area contributed by atoms with E-state index in [1.165, 1.54) is 0 Å². The Labute approximate surface area is 122 Å². The van der Waals surface area contributed by atoms with Crippen LogP contribution in [0.4, 0.5) is 0 Å². The number of halogens is 1. The number of carbonyl (C=O) groups excluding carboxylic acids is 1. The minimum absolute atomic E-state index is 0.0987. The maximum atomic E-state index is 12.5. The highest BCUT2D eigenvalue weighted by Gasteiger charge is 2.28. The Morgan fingerprint density at radius 1 is 1.42 bits per heavy atom. The van der Waals surface area contributed by atoms with E-state index >= 15 is 0 Å². The van der Waals surface area contributed by atoms with Crippen LogP contribution in [0.3, 0.4) is 0 Å². The average Bonchev–Trinajstić information content (AvgIpc) is 2.92. The smallest absolute Gasteiger partial charge is 0.254 e. The van der Waals surface area contributed by atoms with E-state index in [0.717, 1.165) is 37.6 Å². The fourth-order valence-electron chi connectivity index (χ4n) is 2.57. The SMILES string of the molecule is N#Cc1ccc(C(=O)N2CCCC2CCCBr)cc1. The summed E-state index contributed by atoms with van der Waals surface area (Å²) in [5.74, 6) is 0.0987. The number of nitriles is 1. The first-order valence-electron chi connectivity index (χ1n) is 6.63. The Hall–Kier alpha value is -1.34.